The molecule has 0 bridgehead atoms. The number of hydrogen-bond donors (Lipinski definition) is 0. The number of furan rings is 1. The van der Waals surface area contributed by atoms with E-state index in [1.165, 1.54) is 0 Å². The Morgan fingerprint density at radius 2 is 2.23 bits per heavy atom. The summed E-state index contributed by atoms with van der Waals surface area (Å²) in [6.07, 6.45) is 4.91. The Hall–Kier alpha value is -1.21. The van der Waals surface area contributed by atoms with Crippen molar-refractivity contribution in [2.45, 2.75) is 12.7 Å². The molecule has 1 aromatic rings. The predicted molar refractivity (Wildman–Crippen MR) is 49.8 cm³/mol. The smallest absolute Gasteiger partial charge is 0.168 e. The Morgan fingerprint density at radius 1 is 1.54 bits per heavy atom. The fourth-order valence-electron chi connectivity index (χ4n) is 0.957. The van der Waals surface area contributed by atoms with Gasteiger partial charge in [0.05, 0.1) is 0 Å². The second kappa shape index (κ2) is 3.67. The molecule has 1 heterocycles. The molecule has 0 saturated carbocycles. The maximum Gasteiger partial charge on any atom is 0.168 e. The number of hydrogen-bond acceptors (Lipinski definition) is 3. The van der Waals surface area contributed by atoms with Crippen LogP contribution in [0.4, 0.5) is 0 Å². The highest BCUT2D eigenvalue weighted by atomic mass is 32.2. The number of rotatable bonds is 3. The van der Waals surface area contributed by atoms with Crippen LogP contribution in [0.25, 0.3) is 0 Å². The molecule has 0 N–H and O–H groups in total. The van der Waals surface area contributed by atoms with Crippen LogP contribution in [0.5, 0.6) is 0 Å². The van der Waals surface area contributed by atoms with Crippen LogP contribution in [0.1, 0.15) is 11.5 Å². The first-order valence-corrected chi connectivity index (χ1v) is 5.55. The van der Waals surface area contributed by atoms with Crippen LogP contribution in [-0.2, 0) is 15.6 Å². The lowest BCUT2D eigenvalue weighted by molar-refractivity contribution is 0.495. The van der Waals surface area contributed by atoms with Crippen molar-refractivity contribution in [2.24, 2.45) is 0 Å². The molecule has 13 heavy (non-hydrogen) atoms. The standard InChI is InChI=1S/C9H10O3S/c1-3-6-13(10,11)7-9-5-4-8(2)12-9/h1,4-5H,6-7H2,2H3. The third-order valence-electron chi connectivity index (χ3n) is 1.46. The Bertz CT molecular complexity index is 420. The van der Waals surface area contributed by atoms with Crippen molar-refractivity contribution in [1.82, 2.24) is 0 Å². The lowest BCUT2D eigenvalue weighted by Gasteiger charge is -1.95. The number of sulfone groups is 1. The summed E-state index contributed by atoms with van der Waals surface area (Å²) < 4.78 is 27.5. The van der Waals surface area contributed by atoms with Gasteiger partial charge in [0.2, 0.25) is 0 Å². The number of aryl methyl sites for hydroxylation is 1. The molecule has 0 aliphatic carbocycles. The van der Waals surface area contributed by atoms with Gasteiger partial charge in [0, 0.05) is 0 Å². The van der Waals surface area contributed by atoms with Gasteiger partial charge in [0.25, 0.3) is 0 Å². The van der Waals surface area contributed by atoms with E-state index in [4.69, 9.17) is 10.8 Å². The molecule has 0 aliphatic rings. The van der Waals surface area contributed by atoms with E-state index in [1.54, 1.807) is 19.1 Å². The molecule has 0 radical (unpaired) electrons. The van der Waals surface area contributed by atoms with Crippen molar-refractivity contribution < 1.29 is 12.8 Å². The molecule has 0 unspecified atom stereocenters. The first-order chi connectivity index (χ1) is 6.03. The first-order valence-electron chi connectivity index (χ1n) is 3.73. The highest BCUT2D eigenvalue weighted by molar-refractivity contribution is 7.90. The molecule has 1 rings (SSSR count). The molecule has 0 spiro atoms. The largest absolute Gasteiger partial charge is 0.465 e. The van der Waals surface area contributed by atoms with Gasteiger partial charge in [-0.3, -0.25) is 0 Å². The molecule has 0 saturated heterocycles. The van der Waals surface area contributed by atoms with Gasteiger partial charge < -0.3 is 4.42 Å². The summed E-state index contributed by atoms with van der Waals surface area (Å²) in [5, 5.41) is 0. The van der Waals surface area contributed by atoms with Gasteiger partial charge in [-0.15, -0.1) is 6.42 Å². The second-order valence-electron chi connectivity index (χ2n) is 2.75. The molecule has 0 aliphatic heterocycles. The fraction of sp³-hybridized carbons (Fsp3) is 0.333. The van der Waals surface area contributed by atoms with E-state index in [9.17, 15) is 8.42 Å². The van der Waals surface area contributed by atoms with Gasteiger partial charge in [-0.05, 0) is 19.1 Å². The molecule has 0 amide bonds. The summed E-state index contributed by atoms with van der Waals surface area (Å²) in [6, 6.07) is 3.37. The lowest BCUT2D eigenvalue weighted by Crippen LogP contribution is -2.06. The van der Waals surface area contributed by atoms with Crippen molar-refractivity contribution in [1.29, 1.82) is 0 Å². The summed E-state index contributed by atoms with van der Waals surface area (Å²) in [7, 11) is -3.20. The summed E-state index contributed by atoms with van der Waals surface area (Å²) in [5.41, 5.74) is 0. The summed E-state index contributed by atoms with van der Waals surface area (Å²) >= 11 is 0. The van der Waals surface area contributed by atoms with Crippen LogP contribution in [0.15, 0.2) is 16.5 Å². The lowest BCUT2D eigenvalue weighted by atomic mass is 10.5. The predicted octanol–water partition coefficient (Wildman–Crippen LogP) is 1.14. The van der Waals surface area contributed by atoms with Crippen LogP contribution in [0.2, 0.25) is 0 Å². The Kier molecular flexibility index (Phi) is 2.79. The summed E-state index contributed by atoms with van der Waals surface area (Å²) in [6.45, 7) is 1.76. The molecule has 1 aromatic heterocycles. The Morgan fingerprint density at radius 3 is 2.69 bits per heavy atom. The second-order valence-corrected chi connectivity index (χ2v) is 4.81. The van der Waals surface area contributed by atoms with E-state index in [0.29, 0.717) is 11.5 Å². The molecule has 0 fully saturated rings. The van der Waals surface area contributed by atoms with Crippen LogP contribution in [0.3, 0.4) is 0 Å². The van der Waals surface area contributed by atoms with Gasteiger partial charge in [0.1, 0.15) is 23.0 Å². The van der Waals surface area contributed by atoms with Crippen molar-refractivity contribution >= 4 is 9.84 Å². The van der Waals surface area contributed by atoms with Crippen LogP contribution in [0, 0.1) is 19.3 Å². The van der Waals surface area contributed by atoms with E-state index in [0.717, 1.165) is 0 Å². The molecular formula is C9H10O3S. The van der Waals surface area contributed by atoms with Crippen molar-refractivity contribution in [3.8, 4) is 12.3 Å². The van der Waals surface area contributed by atoms with Crippen molar-refractivity contribution in [2.75, 3.05) is 5.75 Å². The van der Waals surface area contributed by atoms with Crippen LogP contribution >= 0.6 is 0 Å². The minimum absolute atomic E-state index is 0.120. The minimum atomic E-state index is -3.20. The first kappa shape index (κ1) is 9.87. The van der Waals surface area contributed by atoms with Gasteiger partial charge in [-0.25, -0.2) is 8.42 Å². The third-order valence-corrected chi connectivity index (χ3v) is 2.79. The SMILES string of the molecule is C#CCS(=O)(=O)Cc1ccc(C)o1. The van der Waals surface area contributed by atoms with E-state index in [2.05, 4.69) is 5.92 Å². The van der Waals surface area contributed by atoms with E-state index < -0.39 is 9.84 Å². The highest BCUT2D eigenvalue weighted by Crippen LogP contribution is 2.10. The van der Waals surface area contributed by atoms with E-state index >= 15 is 0 Å². The fourth-order valence-corrected chi connectivity index (χ4v) is 1.90. The minimum Gasteiger partial charge on any atom is -0.465 e. The van der Waals surface area contributed by atoms with E-state index in [-0.39, 0.29) is 11.5 Å². The van der Waals surface area contributed by atoms with Crippen LogP contribution < -0.4 is 0 Å². The summed E-state index contributed by atoms with van der Waals surface area (Å²) in [4.78, 5) is 0. The molecule has 70 valence electrons. The maximum absolute atomic E-state index is 11.2. The van der Waals surface area contributed by atoms with Crippen molar-refractivity contribution in [3.05, 3.63) is 23.7 Å². The van der Waals surface area contributed by atoms with Crippen LogP contribution in [-0.4, -0.2) is 14.2 Å². The molecule has 3 nitrogen and oxygen atoms in total. The number of terminal acetylenes is 1. The molecule has 4 heteroatoms. The Balaban J connectivity index is 2.76. The highest BCUT2D eigenvalue weighted by Gasteiger charge is 2.12. The maximum atomic E-state index is 11.2. The summed E-state index contributed by atoms with van der Waals surface area (Å²) in [5.74, 6) is 2.88. The molecular weight excluding hydrogens is 188 g/mol. The van der Waals surface area contributed by atoms with Crippen molar-refractivity contribution in [3.63, 3.8) is 0 Å². The zero-order valence-corrected chi connectivity index (χ0v) is 8.10. The zero-order chi connectivity index (χ0) is 9.90. The van der Waals surface area contributed by atoms with E-state index in [1.807, 2.05) is 0 Å². The normalized spacial score (nSPS) is 11.1. The molecule has 0 aromatic carbocycles. The monoisotopic (exact) mass is 198 g/mol. The van der Waals surface area contributed by atoms with Gasteiger partial charge in [0.15, 0.2) is 9.84 Å². The average Bonchev–Trinajstić information content (AvgIpc) is 2.34. The van der Waals surface area contributed by atoms with Gasteiger partial charge in [-0.2, -0.15) is 0 Å². The topological polar surface area (TPSA) is 47.3 Å². The average molecular weight is 198 g/mol. The van der Waals surface area contributed by atoms with Gasteiger partial charge in [-0.1, -0.05) is 5.92 Å². The third kappa shape index (κ3) is 2.96. The Labute approximate surface area is 77.7 Å². The molecule has 0 atom stereocenters. The quantitative estimate of drug-likeness (QED) is 0.684. The zero-order valence-electron chi connectivity index (χ0n) is 7.28. The van der Waals surface area contributed by atoms with Gasteiger partial charge >= 0.3 is 0 Å².